The molecule has 1 aromatic rings. The summed E-state index contributed by atoms with van der Waals surface area (Å²) in [6.07, 6.45) is 1.36. The van der Waals surface area contributed by atoms with Crippen LogP contribution in [0.4, 0.5) is 0 Å². The van der Waals surface area contributed by atoms with Gasteiger partial charge in [0.15, 0.2) is 11.5 Å². The lowest BCUT2D eigenvalue weighted by Gasteiger charge is -2.25. The van der Waals surface area contributed by atoms with Gasteiger partial charge in [-0.05, 0) is 37.5 Å². The minimum Gasteiger partial charge on any atom is -0.481 e. The largest absolute Gasteiger partial charge is 0.481 e. The number of likely N-dealkylation sites (N-methyl/N-ethyl adjacent to an activating group) is 1. The molecule has 22 heavy (non-hydrogen) atoms. The summed E-state index contributed by atoms with van der Waals surface area (Å²) in [5.41, 5.74) is 1.07. The van der Waals surface area contributed by atoms with E-state index in [1.165, 1.54) is 0 Å². The molecule has 1 aromatic carbocycles. The first-order chi connectivity index (χ1) is 10.5. The van der Waals surface area contributed by atoms with Crippen LogP contribution in [0, 0.1) is 0 Å². The Hall–Kier alpha value is -2.24. The maximum absolute atomic E-state index is 12.0. The minimum absolute atomic E-state index is 0.0239. The number of aliphatic carboxylic acids is 1. The normalized spacial score (nSPS) is 13.7. The smallest absolute Gasteiger partial charge is 0.303 e. The Kier molecular flexibility index (Phi) is 5.25. The van der Waals surface area contributed by atoms with Gasteiger partial charge in [-0.25, -0.2) is 0 Å². The number of ether oxygens (including phenoxy) is 2. The van der Waals surface area contributed by atoms with Crippen molar-refractivity contribution < 1.29 is 24.2 Å². The molecule has 1 aliphatic heterocycles. The summed E-state index contributed by atoms with van der Waals surface area (Å²) >= 11 is 0. The average Bonchev–Trinajstić information content (AvgIpc) is 2.93. The third kappa shape index (κ3) is 4.13. The van der Waals surface area contributed by atoms with Gasteiger partial charge in [0, 0.05) is 25.9 Å². The van der Waals surface area contributed by atoms with E-state index in [2.05, 4.69) is 0 Å². The van der Waals surface area contributed by atoms with Gasteiger partial charge in [-0.3, -0.25) is 9.59 Å². The van der Waals surface area contributed by atoms with E-state index >= 15 is 0 Å². The first kappa shape index (κ1) is 16.1. The van der Waals surface area contributed by atoms with Gasteiger partial charge in [0.1, 0.15) is 0 Å². The third-order valence-corrected chi connectivity index (χ3v) is 3.80. The second-order valence-electron chi connectivity index (χ2n) is 5.49. The predicted octanol–water partition coefficient (Wildman–Crippen LogP) is 2.06. The van der Waals surface area contributed by atoms with Crippen molar-refractivity contribution in [1.29, 1.82) is 0 Å². The van der Waals surface area contributed by atoms with Gasteiger partial charge < -0.3 is 19.5 Å². The second-order valence-corrected chi connectivity index (χ2v) is 5.49. The number of fused-ring (bicyclic) bond motifs is 1. The maximum atomic E-state index is 12.0. The Balaban J connectivity index is 1.86. The van der Waals surface area contributed by atoms with E-state index in [9.17, 15) is 9.59 Å². The number of nitrogens with zero attached hydrogens (tertiary/aromatic N) is 1. The Morgan fingerprint density at radius 2 is 2.00 bits per heavy atom. The van der Waals surface area contributed by atoms with Crippen molar-refractivity contribution in [2.24, 2.45) is 0 Å². The van der Waals surface area contributed by atoms with E-state index in [0.717, 1.165) is 17.1 Å². The van der Waals surface area contributed by atoms with E-state index in [1.807, 2.05) is 25.1 Å². The number of hydrogen-bond acceptors (Lipinski definition) is 4. The number of rotatable bonds is 7. The van der Waals surface area contributed by atoms with Crippen LogP contribution in [0.15, 0.2) is 18.2 Å². The molecule has 6 nitrogen and oxygen atoms in total. The molecule has 0 fully saturated rings. The molecule has 1 aliphatic rings. The van der Waals surface area contributed by atoms with Gasteiger partial charge >= 0.3 is 5.97 Å². The van der Waals surface area contributed by atoms with E-state index in [4.69, 9.17) is 14.6 Å². The van der Waals surface area contributed by atoms with Crippen LogP contribution in [0.3, 0.4) is 0 Å². The van der Waals surface area contributed by atoms with Crippen LogP contribution >= 0.6 is 0 Å². The van der Waals surface area contributed by atoms with Crippen molar-refractivity contribution in [3.8, 4) is 11.5 Å². The summed E-state index contributed by atoms with van der Waals surface area (Å²) in [7, 11) is 1.75. The monoisotopic (exact) mass is 307 g/mol. The van der Waals surface area contributed by atoms with Crippen LogP contribution < -0.4 is 9.47 Å². The van der Waals surface area contributed by atoms with Crippen molar-refractivity contribution in [1.82, 2.24) is 4.90 Å². The van der Waals surface area contributed by atoms with Crippen LogP contribution in [0.2, 0.25) is 0 Å². The number of carbonyl (C=O) groups is 2. The highest BCUT2D eigenvalue weighted by atomic mass is 16.7. The molecular formula is C16H21NO5. The quantitative estimate of drug-likeness (QED) is 0.834. The molecule has 1 N–H and O–H groups in total. The van der Waals surface area contributed by atoms with E-state index in [-0.39, 0.29) is 31.6 Å². The molecule has 0 saturated carbocycles. The first-order valence-electron chi connectivity index (χ1n) is 7.33. The third-order valence-electron chi connectivity index (χ3n) is 3.80. The summed E-state index contributed by atoms with van der Waals surface area (Å²) in [6, 6.07) is 5.80. The molecule has 0 radical (unpaired) electrons. The molecule has 0 aromatic heterocycles. The Morgan fingerprint density at radius 3 is 2.73 bits per heavy atom. The highest BCUT2D eigenvalue weighted by Gasteiger charge is 2.18. The Bertz CT molecular complexity index is 557. The number of amides is 1. The molecule has 120 valence electrons. The number of carbonyl (C=O) groups excluding carboxylic acids is 1. The van der Waals surface area contributed by atoms with Crippen molar-refractivity contribution in [2.45, 2.75) is 38.6 Å². The van der Waals surface area contributed by atoms with Crippen molar-refractivity contribution in [3.63, 3.8) is 0 Å². The standard InChI is InChI=1S/C16H21NO5/c1-11(17(2)15(18)4-3-5-16(19)20)8-12-6-7-13-14(9-12)22-10-21-13/h6-7,9,11H,3-5,8,10H2,1-2H3,(H,19,20). The Morgan fingerprint density at radius 1 is 1.27 bits per heavy atom. The SMILES string of the molecule is CC(Cc1ccc2c(c1)OCO2)N(C)C(=O)CCCC(=O)O. The number of hydrogen-bond donors (Lipinski definition) is 1. The molecule has 1 heterocycles. The number of benzene rings is 1. The van der Waals surface area contributed by atoms with Crippen LogP contribution in [0.5, 0.6) is 11.5 Å². The zero-order valence-electron chi connectivity index (χ0n) is 12.9. The summed E-state index contributed by atoms with van der Waals surface area (Å²) in [4.78, 5) is 24.2. The van der Waals surface area contributed by atoms with Gasteiger partial charge in [0.2, 0.25) is 12.7 Å². The molecule has 0 saturated heterocycles. The summed E-state index contributed by atoms with van der Waals surface area (Å²) in [6.45, 7) is 2.22. The van der Waals surface area contributed by atoms with Gasteiger partial charge in [0.25, 0.3) is 0 Å². The van der Waals surface area contributed by atoms with Crippen LogP contribution in [-0.2, 0) is 16.0 Å². The lowest BCUT2D eigenvalue weighted by atomic mass is 10.0. The summed E-state index contributed by atoms with van der Waals surface area (Å²) < 4.78 is 10.6. The average molecular weight is 307 g/mol. The lowest BCUT2D eigenvalue weighted by molar-refractivity contribution is -0.137. The zero-order chi connectivity index (χ0) is 16.1. The van der Waals surface area contributed by atoms with E-state index in [1.54, 1.807) is 11.9 Å². The van der Waals surface area contributed by atoms with Crippen molar-refractivity contribution >= 4 is 11.9 Å². The molecule has 1 unspecified atom stereocenters. The molecule has 0 aliphatic carbocycles. The van der Waals surface area contributed by atoms with Crippen molar-refractivity contribution in [2.75, 3.05) is 13.8 Å². The fraction of sp³-hybridized carbons (Fsp3) is 0.500. The van der Waals surface area contributed by atoms with Crippen LogP contribution in [-0.4, -0.2) is 41.8 Å². The summed E-state index contributed by atoms with van der Waals surface area (Å²) in [5, 5.41) is 8.60. The molecule has 6 heteroatoms. The van der Waals surface area contributed by atoms with Gasteiger partial charge in [-0.15, -0.1) is 0 Å². The molecule has 2 rings (SSSR count). The fourth-order valence-electron chi connectivity index (χ4n) is 2.36. The fourth-order valence-corrected chi connectivity index (χ4v) is 2.36. The molecular weight excluding hydrogens is 286 g/mol. The minimum atomic E-state index is -0.871. The maximum Gasteiger partial charge on any atom is 0.303 e. The topological polar surface area (TPSA) is 76.1 Å². The molecule has 1 atom stereocenters. The van der Waals surface area contributed by atoms with Crippen LogP contribution in [0.25, 0.3) is 0 Å². The van der Waals surface area contributed by atoms with E-state index in [0.29, 0.717) is 12.8 Å². The van der Waals surface area contributed by atoms with Gasteiger partial charge in [-0.1, -0.05) is 6.07 Å². The Labute approximate surface area is 129 Å². The number of carboxylic acids is 1. The summed E-state index contributed by atoms with van der Waals surface area (Å²) in [5.74, 6) is 0.577. The first-order valence-corrected chi connectivity index (χ1v) is 7.33. The van der Waals surface area contributed by atoms with Gasteiger partial charge in [-0.2, -0.15) is 0 Å². The molecule has 0 spiro atoms. The second kappa shape index (κ2) is 7.15. The highest BCUT2D eigenvalue weighted by molar-refractivity contribution is 5.77. The molecule has 1 amide bonds. The van der Waals surface area contributed by atoms with Crippen molar-refractivity contribution in [3.05, 3.63) is 23.8 Å². The van der Waals surface area contributed by atoms with E-state index < -0.39 is 5.97 Å². The molecule has 0 bridgehead atoms. The lowest BCUT2D eigenvalue weighted by Crippen LogP contribution is -2.36. The number of carboxylic acid groups (broad SMARTS) is 1. The van der Waals surface area contributed by atoms with Gasteiger partial charge in [0.05, 0.1) is 0 Å². The predicted molar refractivity (Wildman–Crippen MR) is 80.0 cm³/mol. The highest BCUT2D eigenvalue weighted by Crippen LogP contribution is 2.32. The zero-order valence-corrected chi connectivity index (χ0v) is 12.9. The van der Waals surface area contributed by atoms with Crippen LogP contribution in [0.1, 0.15) is 31.7 Å².